The van der Waals surface area contributed by atoms with Gasteiger partial charge < -0.3 is 45.1 Å². The molecule has 1 fully saturated rings. The van der Waals surface area contributed by atoms with Crippen molar-refractivity contribution < 1.29 is 49.3 Å². The number of esters is 1. The number of aliphatic hydroxyl groups is 5. The Kier molecular flexibility index (Phi) is 53.9. The number of hydrogen-bond donors (Lipinski definition) is 6. The van der Waals surface area contributed by atoms with Gasteiger partial charge in [-0.2, -0.15) is 0 Å². The lowest BCUT2D eigenvalue weighted by Crippen LogP contribution is -2.61. The van der Waals surface area contributed by atoms with Gasteiger partial charge >= 0.3 is 5.97 Å². The normalized spacial score (nSPS) is 19.4. The van der Waals surface area contributed by atoms with Gasteiger partial charge in [0.15, 0.2) is 12.4 Å². The zero-order valence-electron chi connectivity index (χ0n) is 52.3. The van der Waals surface area contributed by atoms with Crippen molar-refractivity contribution in [3.8, 4) is 0 Å². The van der Waals surface area contributed by atoms with Crippen LogP contribution in [-0.4, -0.2) is 99.6 Å². The molecule has 0 bridgehead atoms. The van der Waals surface area contributed by atoms with Gasteiger partial charge in [-0.05, 0) is 109 Å². The fourth-order valence-electron chi connectivity index (χ4n) is 9.42. The number of amides is 1. The van der Waals surface area contributed by atoms with Gasteiger partial charge in [0.1, 0.15) is 24.4 Å². The van der Waals surface area contributed by atoms with Crippen LogP contribution in [0.4, 0.5) is 0 Å². The Morgan fingerprint density at radius 2 is 0.867 bits per heavy atom. The first-order valence-corrected chi connectivity index (χ1v) is 33.0. The van der Waals surface area contributed by atoms with E-state index in [2.05, 4.69) is 135 Å². The van der Waals surface area contributed by atoms with Gasteiger partial charge in [-0.15, -0.1) is 0 Å². The lowest BCUT2D eigenvalue weighted by atomic mass is 9.99. The summed E-state index contributed by atoms with van der Waals surface area (Å²) in [5.74, 6) is -1.27. The summed E-state index contributed by atoms with van der Waals surface area (Å²) in [6.07, 6.45) is 72.0. The molecule has 1 heterocycles. The van der Waals surface area contributed by atoms with Crippen LogP contribution in [0, 0.1) is 0 Å². The molecule has 8 unspecified atom stereocenters. The van der Waals surface area contributed by atoms with Crippen molar-refractivity contribution in [2.24, 2.45) is 0 Å². The summed E-state index contributed by atoms with van der Waals surface area (Å²) in [5, 5.41) is 57.1. The molecule has 1 rings (SSSR count). The van der Waals surface area contributed by atoms with Crippen molar-refractivity contribution in [2.45, 2.75) is 294 Å². The third-order valence-corrected chi connectivity index (χ3v) is 14.5. The maximum absolute atomic E-state index is 13.5. The number of ether oxygens (including phenoxy) is 3. The Morgan fingerprint density at radius 3 is 1.30 bits per heavy atom. The van der Waals surface area contributed by atoms with Crippen LogP contribution in [0.15, 0.2) is 134 Å². The van der Waals surface area contributed by atoms with E-state index in [1.807, 2.05) is 18.2 Å². The summed E-state index contributed by atoms with van der Waals surface area (Å²) in [6.45, 7) is 5.53. The maximum atomic E-state index is 13.5. The van der Waals surface area contributed by atoms with Gasteiger partial charge in [0.2, 0.25) is 5.91 Å². The Labute approximate surface area is 505 Å². The number of unbranched alkanes of at least 4 members (excludes halogenated alkanes) is 20. The summed E-state index contributed by atoms with van der Waals surface area (Å²) in [6, 6.07) is -1.05. The van der Waals surface area contributed by atoms with Crippen LogP contribution < -0.4 is 5.32 Å². The topological polar surface area (TPSA) is 175 Å². The van der Waals surface area contributed by atoms with E-state index < -0.39 is 67.4 Å². The van der Waals surface area contributed by atoms with Crippen molar-refractivity contribution >= 4 is 11.9 Å². The minimum Gasteiger partial charge on any atom is -0.454 e. The molecular formula is C72H119NO10. The van der Waals surface area contributed by atoms with E-state index in [9.17, 15) is 35.1 Å². The maximum Gasteiger partial charge on any atom is 0.306 e. The highest BCUT2D eigenvalue weighted by molar-refractivity contribution is 5.80. The molecule has 0 radical (unpaired) electrons. The SMILES string of the molecule is CC/C=C\C/C=C\C/C=C\C/C=C\C/C=C\CCCCCCCCCCC(O)C(=O)NC(COC1OC(CO)C(O)C(O)C1OC(=O)CCC/C=C\C/C=C\C/C=C\C/C=C\C/C=C\CC)C(O)/C=C/CCCCCCCCCCCCC. The molecule has 0 spiro atoms. The van der Waals surface area contributed by atoms with Crippen LogP contribution in [0.3, 0.4) is 0 Å². The smallest absolute Gasteiger partial charge is 0.306 e. The van der Waals surface area contributed by atoms with Crippen LogP contribution in [-0.2, 0) is 23.8 Å². The van der Waals surface area contributed by atoms with Crippen molar-refractivity contribution in [3.05, 3.63) is 134 Å². The van der Waals surface area contributed by atoms with Gasteiger partial charge in [-0.1, -0.05) is 264 Å². The highest BCUT2D eigenvalue weighted by Crippen LogP contribution is 2.26. The molecule has 0 aromatic carbocycles. The average Bonchev–Trinajstić information content (AvgIpc) is 3.67. The van der Waals surface area contributed by atoms with Gasteiger partial charge in [-0.3, -0.25) is 9.59 Å². The highest BCUT2D eigenvalue weighted by Gasteiger charge is 2.47. The number of aliphatic hydroxyl groups excluding tert-OH is 5. The van der Waals surface area contributed by atoms with Crippen molar-refractivity contribution in [1.82, 2.24) is 5.32 Å². The fourth-order valence-corrected chi connectivity index (χ4v) is 9.42. The van der Waals surface area contributed by atoms with E-state index >= 15 is 0 Å². The first-order valence-electron chi connectivity index (χ1n) is 33.0. The second-order valence-corrected chi connectivity index (χ2v) is 22.1. The second kappa shape index (κ2) is 58.2. The van der Waals surface area contributed by atoms with Crippen molar-refractivity contribution in [2.75, 3.05) is 13.2 Å². The first kappa shape index (κ1) is 76.8. The van der Waals surface area contributed by atoms with Gasteiger partial charge in [-0.25, -0.2) is 0 Å². The Morgan fingerprint density at radius 1 is 0.482 bits per heavy atom. The van der Waals surface area contributed by atoms with Gasteiger partial charge in [0.25, 0.3) is 0 Å². The number of hydrogen-bond acceptors (Lipinski definition) is 10. The molecule has 83 heavy (non-hydrogen) atoms. The molecule has 11 nitrogen and oxygen atoms in total. The monoisotopic (exact) mass is 1160 g/mol. The van der Waals surface area contributed by atoms with Gasteiger partial charge in [0, 0.05) is 6.42 Å². The molecule has 6 N–H and O–H groups in total. The van der Waals surface area contributed by atoms with Crippen LogP contribution in [0.1, 0.15) is 245 Å². The highest BCUT2D eigenvalue weighted by atomic mass is 16.7. The minimum absolute atomic E-state index is 0.0377. The molecule has 0 aromatic heterocycles. The molecule has 1 saturated heterocycles. The van der Waals surface area contributed by atoms with Crippen molar-refractivity contribution in [3.63, 3.8) is 0 Å². The predicted octanol–water partition coefficient (Wildman–Crippen LogP) is 16.4. The van der Waals surface area contributed by atoms with Crippen LogP contribution in [0.25, 0.3) is 0 Å². The number of carbonyl (C=O) groups is 2. The third kappa shape index (κ3) is 45.8. The molecule has 0 aromatic rings. The lowest BCUT2D eigenvalue weighted by molar-refractivity contribution is -0.305. The van der Waals surface area contributed by atoms with E-state index in [1.165, 1.54) is 70.6 Å². The Balaban J connectivity index is 2.68. The zero-order chi connectivity index (χ0) is 60.3. The average molecular weight is 1160 g/mol. The van der Waals surface area contributed by atoms with E-state index in [4.69, 9.17) is 14.2 Å². The third-order valence-electron chi connectivity index (χ3n) is 14.5. The standard InChI is InChI=1S/C72H119NO10/c1-4-7-10-13-16-19-22-25-27-29-30-31-32-33-34-35-37-38-41-44-47-50-53-56-59-65(76)71(80)73-63(64(75)58-55-52-49-46-43-40-24-21-18-15-12-9-6-3)62-81-72-70(69(79)68(78)66(61-74)82-72)83-67(77)60-57-54-51-48-45-42-39-36-28-26-23-20-17-14-11-8-5-2/h7-8,10-11,16-17,19-20,25-28,30-31,33-34,39,42,48,51,55,58,63-66,68-70,72,74-76,78-79H,4-6,9,12-15,18,21-24,29,32,35-38,40-41,43-47,49-50,52-54,56-57,59-62H2,1-3H3,(H,73,80)/b10-7-,11-8-,19-16-,20-17-,27-25-,28-26-,31-30-,34-33-,42-39-,51-48-,58-55+. The fraction of sp³-hybridized carbons (Fsp3) is 0.667. The summed E-state index contributed by atoms with van der Waals surface area (Å²) in [5.41, 5.74) is 0. The van der Waals surface area contributed by atoms with Crippen LogP contribution in [0.5, 0.6) is 0 Å². The Hall–Kier alpha value is -4.20. The molecule has 0 aliphatic carbocycles. The van der Waals surface area contributed by atoms with Crippen LogP contribution >= 0.6 is 0 Å². The molecule has 1 aliphatic heterocycles. The van der Waals surface area contributed by atoms with E-state index in [-0.39, 0.29) is 19.4 Å². The van der Waals surface area contributed by atoms with E-state index in [0.717, 1.165) is 122 Å². The number of nitrogens with one attached hydrogen (secondary N) is 1. The van der Waals surface area contributed by atoms with E-state index in [0.29, 0.717) is 19.3 Å². The molecule has 1 aliphatic rings. The molecule has 0 saturated carbocycles. The first-order chi connectivity index (χ1) is 40.7. The summed E-state index contributed by atoms with van der Waals surface area (Å²) < 4.78 is 17.6. The summed E-state index contributed by atoms with van der Waals surface area (Å²) in [4.78, 5) is 26.6. The number of rotatable bonds is 54. The van der Waals surface area contributed by atoms with Crippen molar-refractivity contribution in [1.29, 1.82) is 0 Å². The Bertz CT molecular complexity index is 1860. The second-order valence-electron chi connectivity index (χ2n) is 22.1. The zero-order valence-corrected chi connectivity index (χ0v) is 52.3. The van der Waals surface area contributed by atoms with Gasteiger partial charge in [0.05, 0.1) is 25.4 Å². The van der Waals surface area contributed by atoms with Crippen LogP contribution in [0.2, 0.25) is 0 Å². The number of allylic oxidation sites excluding steroid dienone is 21. The molecule has 8 atom stereocenters. The van der Waals surface area contributed by atoms with E-state index in [1.54, 1.807) is 6.08 Å². The number of carbonyl (C=O) groups excluding carboxylic acids is 2. The molecule has 11 heteroatoms. The lowest BCUT2D eigenvalue weighted by Gasteiger charge is -2.41. The minimum atomic E-state index is -1.65. The molecular weight excluding hydrogens is 1040 g/mol. The molecule has 472 valence electrons. The predicted molar refractivity (Wildman–Crippen MR) is 347 cm³/mol. The quantitative estimate of drug-likeness (QED) is 0.0195. The summed E-state index contributed by atoms with van der Waals surface area (Å²) in [7, 11) is 0. The summed E-state index contributed by atoms with van der Waals surface area (Å²) >= 11 is 0. The molecule has 1 amide bonds. The largest absolute Gasteiger partial charge is 0.454 e.